The van der Waals surface area contributed by atoms with Crippen LogP contribution in [0.4, 0.5) is 0 Å². The number of hydrogen-bond acceptors (Lipinski definition) is 3. The Bertz CT molecular complexity index is 269. The van der Waals surface area contributed by atoms with Gasteiger partial charge in [0.2, 0.25) is 5.91 Å². The summed E-state index contributed by atoms with van der Waals surface area (Å²) in [5.74, 6) is 0.378. The maximum Gasteiger partial charge on any atom is 0.227 e. The van der Waals surface area contributed by atoms with Crippen LogP contribution in [0.1, 0.15) is 45.4 Å². The maximum atomic E-state index is 12.6. The molecule has 0 bridgehead atoms. The first-order chi connectivity index (χ1) is 8.72. The standard InChI is InChI=1S/C14H26N2O2/c1-11-6-7-12(10-15-11)14(18)16(8-9-17)13-4-2-3-5-13/h11-13,15,17H,2-10H2,1H3. The number of aliphatic hydroxyl groups is 1. The summed E-state index contributed by atoms with van der Waals surface area (Å²) in [6, 6.07) is 0.913. The molecule has 0 radical (unpaired) electrons. The Kier molecular flexibility index (Phi) is 5.01. The molecule has 1 heterocycles. The van der Waals surface area contributed by atoms with Gasteiger partial charge in [-0.15, -0.1) is 0 Å². The largest absolute Gasteiger partial charge is 0.395 e. The summed E-state index contributed by atoms with van der Waals surface area (Å²) in [5, 5.41) is 12.6. The highest BCUT2D eigenvalue weighted by molar-refractivity contribution is 5.79. The summed E-state index contributed by atoms with van der Waals surface area (Å²) in [4.78, 5) is 14.5. The first-order valence-electron chi connectivity index (χ1n) is 7.37. The molecule has 1 amide bonds. The molecule has 2 rings (SSSR count). The van der Waals surface area contributed by atoms with E-state index in [1.54, 1.807) is 0 Å². The molecule has 0 spiro atoms. The third-order valence-corrected chi connectivity index (χ3v) is 4.40. The molecule has 104 valence electrons. The van der Waals surface area contributed by atoms with Gasteiger partial charge in [0, 0.05) is 25.2 Å². The molecule has 2 N–H and O–H groups in total. The van der Waals surface area contributed by atoms with E-state index in [0.29, 0.717) is 18.6 Å². The lowest BCUT2D eigenvalue weighted by atomic mass is 9.93. The van der Waals surface area contributed by atoms with Crippen molar-refractivity contribution < 1.29 is 9.90 Å². The minimum atomic E-state index is 0.0821. The van der Waals surface area contributed by atoms with Crippen molar-refractivity contribution in [2.24, 2.45) is 5.92 Å². The van der Waals surface area contributed by atoms with Crippen LogP contribution < -0.4 is 5.32 Å². The summed E-state index contributed by atoms with van der Waals surface area (Å²) in [7, 11) is 0. The van der Waals surface area contributed by atoms with Gasteiger partial charge in [0.25, 0.3) is 0 Å². The van der Waals surface area contributed by atoms with E-state index in [9.17, 15) is 9.90 Å². The van der Waals surface area contributed by atoms with E-state index in [0.717, 1.165) is 32.2 Å². The molecule has 0 aromatic heterocycles. The number of amides is 1. The second-order valence-corrected chi connectivity index (χ2v) is 5.78. The van der Waals surface area contributed by atoms with E-state index < -0.39 is 0 Å². The number of hydrogen-bond donors (Lipinski definition) is 2. The number of nitrogens with zero attached hydrogens (tertiary/aromatic N) is 1. The average molecular weight is 254 g/mol. The van der Waals surface area contributed by atoms with Crippen molar-refractivity contribution in [3.8, 4) is 0 Å². The number of aliphatic hydroxyl groups excluding tert-OH is 1. The lowest BCUT2D eigenvalue weighted by Gasteiger charge is -2.34. The molecular formula is C14H26N2O2. The molecule has 0 aromatic carbocycles. The lowest BCUT2D eigenvalue weighted by molar-refractivity contribution is -0.139. The Morgan fingerprint density at radius 2 is 2.00 bits per heavy atom. The zero-order chi connectivity index (χ0) is 13.0. The zero-order valence-electron chi connectivity index (χ0n) is 11.4. The van der Waals surface area contributed by atoms with Gasteiger partial charge in [-0.1, -0.05) is 12.8 Å². The third kappa shape index (κ3) is 3.23. The van der Waals surface area contributed by atoms with E-state index in [-0.39, 0.29) is 18.4 Å². The Morgan fingerprint density at radius 3 is 2.56 bits per heavy atom. The van der Waals surface area contributed by atoms with Gasteiger partial charge in [0.15, 0.2) is 0 Å². The number of rotatable bonds is 4. The fourth-order valence-corrected chi connectivity index (χ4v) is 3.24. The molecule has 4 heteroatoms. The predicted octanol–water partition coefficient (Wildman–Crippen LogP) is 1.14. The van der Waals surface area contributed by atoms with Gasteiger partial charge in [-0.2, -0.15) is 0 Å². The van der Waals surface area contributed by atoms with Crippen LogP contribution in [0.5, 0.6) is 0 Å². The third-order valence-electron chi connectivity index (χ3n) is 4.40. The minimum Gasteiger partial charge on any atom is -0.395 e. The van der Waals surface area contributed by atoms with Gasteiger partial charge in [-0.05, 0) is 32.6 Å². The minimum absolute atomic E-state index is 0.0821. The molecule has 0 aromatic rings. The van der Waals surface area contributed by atoms with Crippen LogP contribution in [0.3, 0.4) is 0 Å². The van der Waals surface area contributed by atoms with Gasteiger partial charge >= 0.3 is 0 Å². The number of piperidine rings is 1. The normalized spacial score (nSPS) is 29.4. The van der Waals surface area contributed by atoms with Crippen molar-refractivity contribution in [2.45, 2.75) is 57.5 Å². The summed E-state index contributed by atoms with van der Waals surface area (Å²) in [6.45, 7) is 3.56. The van der Waals surface area contributed by atoms with Gasteiger partial charge in [0.1, 0.15) is 0 Å². The lowest BCUT2D eigenvalue weighted by Crippen LogP contribution is -2.49. The SMILES string of the molecule is CC1CCC(C(=O)N(CCO)C2CCCC2)CN1. The van der Waals surface area contributed by atoms with Crippen molar-refractivity contribution in [1.82, 2.24) is 10.2 Å². The van der Waals surface area contributed by atoms with E-state index in [4.69, 9.17) is 0 Å². The fourth-order valence-electron chi connectivity index (χ4n) is 3.24. The maximum absolute atomic E-state index is 12.6. The van der Waals surface area contributed by atoms with Gasteiger partial charge in [0.05, 0.1) is 12.5 Å². The van der Waals surface area contributed by atoms with E-state index in [1.807, 2.05) is 4.90 Å². The zero-order valence-corrected chi connectivity index (χ0v) is 11.4. The van der Waals surface area contributed by atoms with Crippen LogP contribution in [0.2, 0.25) is 0 Å². The predicted molar refractivity (Wildman–Crippen MR) is 71.2 cm³/mol. The first kappa shape index (κ1) is 13.8. The van der Waals surface area contributed by atoms with Crippen molar-refractivity contribution in [1.29, 1.82) is 0 Å². The molecule has 2 atom stereocenters. The van der Waals surface area contributed by atoms with Crippen molar-refractivity contribution in [3.05, 3.63) is 0 Å². The van der Waals surface area contributed by atoms with Gasteiger partial charge in [-0.3, -0.25) is 4.79 Å². The molecule has 18 heavy (non-hydrogen) atoms. The molecular weight excluding hydrogens is 228 g/mol. The quantitative estimate of drug-likeness (QED) is 0.791. The highest BCUT2D eigenvalue weighted by Crippen LogP contribution is 2.26. The van der Waals surface area contributed by atoms with Crippen LogP contribution in [-0.2, 0) is 4.79 Å². The Hall–Kier alpha value is -0.610. The highest BCUT2D eigenvalue weighted by atomic mass is 16.3. The summed E-state index contributed by atoms with van der Waals surface area (Å²) < 4.78 is 0. The Balaban J connectivity index is 1.94. The molecule has 1 saturated heterocycles. The van der Waals surface area contributed by atoms with Crippen LogP contribution in [0, 0.1) is 5.92 Å². The molecule has 2 fully saturated rings. The van der Waals surface area contributed by atoms with Crippen LogP contribution in [-0.4, -0.2) is 47.7 Å². The number of nitrogens with one attached hydrogen (secondary N) is 1. The van der Waals surface area contributed by atoms with E-state index in [2.05, 4.69) is 12.2 Å². The molecule has 1 aliphatic carbocycles. The first-order valence-corrected chi connectivity index (χ1v) is 7.37. The van der Waals surface area contributed by atoms with Gasteiger partial charge in [-0.25, -0.2) is 0 Å². The Morgan fingerprint density at radius 1 is 1.28 bits per heavy atom. The van der Waals surface area contributed by atoms with Crippen molar-refractivity contribution in [3.63, 3.8) is 0 Å². The monoisotopic (exact) mass is 254 g/mol. The molecule has 4 nitrogen and oxygen atoms in total. The number of carbonyl (C=O) groups excluding carboxylic acids is 1. The van der Waals surface area contributed by atoms with Crippen LogP contribution in [0.15, 0.2) is 0 Å². The average Bonchev–Trinajstić information content (AvgIpc) is 2.90. The van der Waals surface area contributed by atoms with Crippen LogP contribution in [0.25, 0.3) is 0 Å². The summed E-state index contributed by atoms with van der Waals surface area (Å²) >= 11 is 0. The summed E-state index contributed by atoms with van der Waals surface area (Å²) in [6.07, 6.45) is 6.74. The fraction of sp³-hybridized carbons (Fsp3) is 0.929. The van der Waals surface area contributed by atoms with Crippen LogP contribution >= 0.6 is 0 Å². The smallest absolute Gasteiger partial charge is 0.227 e. The molecule has 1 aliphatic heterocycles. The molecule has 2 aliphatic rings. The second kappa shape index (κ2) is 6.53. The van der Waals surface area contributed by atoms with Crippen molar-refractivity contribution in [2.75, 3.05) is 19.7 Å². The van der Waals surface area contributed by atoms with E-state index >= 15 is 0 Å². The second-order valence-electron chi connectivity index (χ2n) is 5.78. The van der Waals surface area contributed by atoms with Gasteiger partial charge < -0.3 is 15.3 Å². The number of carbonyl (C=O) groups is 1. The molecule has 1 saturated carbocycles. The van der Waals surface area contributed by atoms with Crippen molar-refractivity contribution >= 4 is 5.91 Å². The highest BCUT2D eigenvalue weighted by Gasteiger charge is 2.32. The molecule has 2 unspecified atom stereocenters. The Labute approximate surface area is 110 Å². The topological polar surface area (TPSA) is 52.6 Å². The van der Waals surface area contributed by atoms with E-state index in [1.165, 1.54) is 12.8 Å². The summed E-state index contributed by atoms with van der Waals surface area (Å²) in [5.41, 5.74) is 0.